The summed E-state index contributed by atoms with van der Waals surface area (Å²) in [6, 6.07) is 19.6. The molecular weight excluding hydrogens is 314 g/mol. The number of ether oxygens (including phenoxy) is 1. The Hall–Kier alpha value is -2.62. The van der Waals surface area contributed by atoms with Crippen LogP contribution in [0.2, 0.25) is 0 Å². The van der Waals surface area contributed by atoms with Gasteiger partial charge in [0.25, 0.3) is 0 Å². The van der Waals surface area contributed by atoms with Gasteiger partial charge in [-0.05, 0) is 17.5 Å². The first-order chi connectivity index (χ1) is 12.2. The number of likely N-dealkylation sites (tertiary alicyclic amines) is 1. The molecule has 4 heteroatoms. The van der Waals surface area contributed by atoms with Gasteiger partial charge in [0.05, 0.1) is 31.5 Å². The zero-order valence-corrected chi connectivity index (χ0v) is 14.6. The van der Waals surface area contributed by atoms with Crippen molar-refractivity contribution >= 4 is 11.9 Å². The van der Waals surface area contributed by atoms with E-state index >= 15 is 0 Å². The largest absolute Gasteiger partial charge is 0.469 e. The number of carbonyl (C=O) groups excluding carboxylic acids is 2. The number of esters is 1. The zero-order valence-electron chi connectivity index (χ0n) is 14.6. The molecule has 0 radical (unpaired) electrons. The Bertz CT molecular complexity index is 690. The van der Waals surface area contributed by atoms with Gasteiger partial charge in [0.1, 0.15) is 0 Å². The minimum atomic E-state index is -0.277. The van der Waals surface area contributed by atoms with Crippen molar-refractivity contribution in [3.05, 3.63) is 71.8 Å². The lowest BCUT2D eigenvalue weighted by Crippen LogP contribution is -2.62. The van der Waals surface area contributed by atoms with E-state index in [-0.39, 0.29) is 36.3 Å². The maximum atomic E-state index is 12.8. The third-order valence-electron chi connectivity index (χ3n) is 4.95. The van der Waals surface area contributed by atoms with Gasteiger partial charge >= 0.3 is 5.97 Å². The molecular formula is C21H23NO3. The molecule has 1 aliphatic heterocycles. The number of hydrogen-bond acceptors (Lipinski definition) is 3. The van der Waals surface area contributed by atoms with E-state index in [1.165, 1.54) is 7.11 Å². The van der Waals surface area contributed by atoms with Crippen LogP contribution in [0.1, 0.15) is 36.9 Å². The number of hydrogen-bond donors (Lipinski definition) is 0. The molecule has 25 heavy (non-hydrogen) atoms. The van der Waals surface area contributed by atoms with E-state index in [0.717, 1.165) is 17.5 Å². The Morgan fingerprint density at radius 3 is 2.00 bits per heavy atom. The average Bonchev–Trinajstić information content (AvgIpc) is 2.67. The molecule has 1 saturated heterocycles. The van der Waals surface area contributed by atoms with Gasteiger partial charge in [0.2, 0.25) is 5.91 Å². The van der Waals surface area contributed by atoms with E-state index in [1.54, 1.807) is 0 Å². The first-order valence-corrected chi connectivity index (χ1v) is 8.66. The summed E-state index contributed by atoms with van der Waals surface area (Å²) < 4.78 is 4.85. The maximum absolute atomic E-state index is 12.8. The normalized spacial score (nSPS) is 19.6. The molecule has 1 amide bonds. The van der Waals surface area contributed by atoms with Crippen LogP contribution in [-0.4, -0.2) is 29.9 Å². The topological polar surface area (TPSA) is 46.6 Å². The number of methoxy groups -OCH3 is 1. The van der Waals surface area contributed by atoms with Gasteiger partial charge in [-0.2, -0.15) is 0 Å². The summed E-state index contributed by atoms with van der Waals surface area (Å²) in [5.41, 5.74) is 2.10. The fourth-order valence-electron chi connectivity index (χ4n) is 3.68. The van der Waals surface area contributed by atoms with Crippen LogP contribution in [0.3, 0.4) is 0 Å². The predicted octanol–water partition coefficient (Wildman–Crippen LogP) is 3.58. The van der Waals surface area contributed by atoms with Crippen LogP contribution >= 0.6 is 0 Å². The van der Waals surface area contributed by atoms with Crippen molar-refractivity contribution in [3.63, 3.8) is 0 Å². The highest BCUT2D eigenvalue weighted by atomic mass is 16.5. The highest BCUT2D eigenvalue weighted by molar-refractivity contribution is 5.88. The predicted molar refractivity (Wildman–Crippen MR) is 95.8 cm³/mol. The standard InChI is InChI=1S/C21H23NO3/c1-3-17-18(14-19(23)25-2)22(21(17)24)20(15-10-6-4-7-11-15)16-12-8-5-9-13-16/h4-13,17-18,20H,3,14H2,1-2H3/t17-,18-/m1/s1. The van der Waals surface area contributed by atoms with Gasteiger partial charge in [0, 0.05) is 0 Å². The highest BCUT2D eigenvalue weighted by Crippen LogP contribution is 2.42. The second-order valence-corrected chi connectivity index (χ2v) is 6.33. The third-order valence-corrected chi connectivity index (χ3v) is 4.95. The van der Waals surface area contributed by atoms with E-state index in [9.17, 15) is 9.59 Å². The number of β-lactam (4-membered cyclic amide) rings is 1. The number of amides is 1. The van der Waals surface area contributed by atoms with Gasteiger partial charge in [0.15, 0.2) is 0 Å². The van der Waals surface area contributed by atoms with Crippen molar-refractivity contribution in [2.24, 2.45) is 5.92 Å². The molecule has 2 aromatic carbocycles. The van der Waals surface area contributed by atoms with Crippen molar-refractivity contribution in [2.75, 3.05) is 7.11 Å². The van der Waals surface area contributed by atoms with E-state index < -0.39 is 0 Å². The van der Waals surface area contributed by atoms with Crippen LogP contribution in [0, 0.1) is 5.92 Å². The van der Waals surface area contributed by atoms with Crippen LogP contribution in [0.15, 0.2) is 60.7 Å². The molecule has 0 spiro atoms. The molecule has 0 aliphatic carbocycles. The van der Waals surface area contributed by atoms with Crippen LogP contribution in [0.5, 0.6) is 0 Å². The summed E-state index contributed by atoms with van der Waals surface area (Å²) in [6.07, 6.45) is 0.963. The molecule has 0 saturated carbocycles. The summed E-state index contributed by atoms with van der Waals surface area (Å²) in [7, 11) is 1.39. The van der Waals surface area contributed by atoms with E-state index in [2.05, 4.69) is 0 Å². The first kappa shape index (κ1) is 17.2. The van der Waals surface area contributed by atoms with Gasteiger partial charge < -0.3 is 9.64 Å². The summed E-state index contributed by atoms with van der Waals surface area (Å²) in [5, 5.41) is 0. The fraction of sp³-hybridized carbons (Fsp3) is 0.333. The Balaban J connectivity index is 2.00. The van der Waals surface area contributed by atoms with Crippen LogP contribution < -0.4 is 0 Å². The van der Waals surface area contributed by atoms with Crippen LogP contribution in [0.4, 0.5) is 0 Å². The number of benzene rings is 2. The minimum Gasteiger partial charge on any atom is -0.469 e. The molecule has 0 bridgehead atoms. The van der Waals surface area contributed by atoms with E-state index in [0.29, 0.717) is 0 Å². The molecule has 4 nitrogen and oxygen atoms in total. The molecule has 3 rings (SSSR count). The summed E-state index contributed by atoms with van der Waals surface area (Å²) >= 11 is 0. The monoisotopic (exact) mass is 337 g/mol. The van der Waals surface area contributed by atoms with E-state index in [1.807, 2.05) is 72.5 Å². The Morgan fingerprint density at radius 2 is 1.56 bits per heavy atom. The number of carbonyl (C=O) groups is 2. The van der Waals surface area contributed by atoms with Gasteiger partial charge in [-0.3, -0.25) is 9.59 Å². The quantitative estimate of drug-likeness (QED) is 0.598. The molecule has 130 valence electrons. The van der Waals surface area contributed by atoms with E-state index in [4.69, 9.17) is 4.74 Å². The number of nitrogens with zero attached hydrogens (tertiary/aromatic N) is 1. The first-order valence-electron chi connectivity index (χ1n) is 8.66. The van der Waals surface area contributed by atoms with Crippen molar-refractivity contribution in [3.8, 4) is 0 Å². The SMILES string of the molecule is CC[C@H]1C(=O)N(C(c2ccccc2)c2ccccc2)[C@@H]1CC(=O)OC. The second-order valence-electron chi connectivity index (χ2n) is 6.33. The lowest BCUT2D eigenvalue weighted by atomic mass is 9.79. The fourth-order valence-corrected chi connectivity index (χ4v) is 3.68. The Kier molecular flexibility index (Phi) is 5.17. The molecule has 1 heterocycles. The molecule has 1 aliphatic rings. The zero-order chi connectivity index (χ0) is 17.8. The summed E-state index contributed by atoms with van der Waals surface area (Å²) in [6.45, 7) is 1.99. The van der Waals surface area contributed by atoms with Crippen LogP contribution in [-0.2, 0) is 14.3 Å². The lowest BCUT2D eigenvalue weighted by molar-refractivity contribution is -0.164. The van der Waals surface area contributed by atoms with Crippen molar-refractivity contribution < 1.29 is 14.3 Å². The molecule has 0 unspecified atom stereocenters. The van der Waals surface area contributed by atoms with Crippen molar-refractivity contribution in [1.82, 2.24) is 4.90 Å². The summed E-state index contributed by atoms with van der Waals surface area (Å²) in [5.74, 6) is -0.288. The molecule has 0 aromatic heterocycles. The highest BCUT2D eigenvalue weighted by Gasteiger charge is 2.50. The molecule has 2 aromatic rings. The molecule has 2 atom stereocenters. The smallest absolute Gasteiger partial charge is 0.307 e. The van der Waals surface area contributed by atoms with Gasteiger partial charge in [-0.25, -0.2) is 0 Å². The van der Waals surface area contributed by atoms with Gasteiger partial charge in [-0.15, -0.1) is 0 Å². The Morgan fingerprint density at radius 1 is 1.04 bits per heavy atom. The number of rotatable bonds is 6. The van der Waals surface area contributed by atoms with Crippen LogP contribution in [0.25, 0.3) is 0 Å². The maximum Gasteiger partial charge on any atom is 0.307 e. The molecule has 1 fully saturated rings. The lowest BCUT2D eigenvalue weighted by Gasteiger charge is -2.51. The summed E-state index contributed by atoms with van der Waals surface area (Å²) in [4.78, 5) is 26.6. The average molecular weight is 337 g/mol. The molecule has 0 N–H and O–H groups in total. The van der Waals surface area contributed by atoms with Crippen molar-refractivity contribution in [1.29, 1.82) is 0 Å². The second kappa shape index (κ2) is 7.51. The minimum absolute atomic E-state index is 0.106. The van der Waals surface area contributed by atoms with Gasteiger partial charge in [-0.1, -0.05) is 67.6 Å². The Labute approximate surface area is 148 Å². The third kappa shape index (κ3) is 3.29. The van der Waals surface area contributed by atoms with Crippen molar-refractivity contribution in [2.45, 2.75) is 31.8 Å².